The van der Waals surface area contributed by atoms with Crippen molar-refractivity contribution in [3.63, 3.8) is 0 Å². The highest BCUT2D eigenvalue weighted by atomic mass is 19.4. The molecule has 9 heteroatoms. The third kappa shape index (κ3) is 2.92. The molecule has 0 spiro atoms. The van der Waals surface area contributed by atoms with Gasteiger partial charge in [-0.1, -0.05) is 6.07 Å². The zero-order valence-corrected chi connectivity index (χ0v) is 9.76. The number of halogens is 4. The van der Waals surface area contributed by atoms with E-state index >= 15 is 0 Å². The van der Waals surface area contributed by atoms with Gasteiger partial charge in [-0.05, 0) is 11.6 Å². The number of rotatable bonds is 3. The van der Waals surface area contributed by atoms with Crippen LogP contribution in [-0.4, -0.2) is 14.7 Å². The molecule has 1 heterocycles. The van der Waals surface area contributed by atoms with Crippen molar-refractivity contribution in [2.24, 2.45) is 0 Å². The molecule has 2 aromatic rings. The molecule has 0 aliphatic heterocycles. The second-order valence-electron chi connectivity index (χ2n) is 3.97. The van der Waals surface area contributed by atoms with Gasteiger partial charge in [0.05, 0.1) is 23.2 Å². The lowest BCUT2D eigenvalue weighted by Gasteiger charge is -2.03. The van der Waals surface area contributed by atoms with Crippen molar-refractivity contribution in [3.8, 4) is 0 Å². The van der Waals surface area contributed by atoms with Crippen molar-refractivity contribution in [1.82, 2.24) is 9.78 Å². The third-order valence-corrected chi connectivity index (χ3v) is 2.51. The Balaban J connectivity index is 2.20. The molecule has 0 saturated carbocycles. The van der Waals surface area contributed by atoms with Gasteiger partial charge in [0.15, 0.2) is 0 Å². The second-order valence-corrected chi connectivity index (χ2v) is 3.97. The minimum Gasteiger partial charge on any atom is -0.268 e. The lowest BCUT2D eigenvalue weighted by molar-refractivity contribution is -0.387. The van der Waals surface area contributed by atoms with Crippen molar-refractivity contribution in [3.05, 3.63) is 57.7 Å². The summed E-state index contributed by atoms with van der Waals surface area (Å²) in [6, 6.07) is 3.11. The summed E-state index contributed by atoms with van der Waals surface area (Å²) in [5.41, 5.74) is -1.34. The average molecular weight is 289 g/mol. The predicted molar refractivity (Wildman–Crippen MR) is 59.4 cm³/mol. The molecule has 0 radical (unpaired) electrons. The predicted octanol–water partition coefficient (Wildman–Crippen LogP) is 3.00. The molecule has 0 bridgehead atoms. The van der Waals surface area contributed by atoms with Crippen LogP contribution in [0.4, 0.5) is 23.2 Å². The first-order valence-electron chi connectivity index (χ1n) is 5.30. The van der Waals surface area contributed by atoms with E-state index in [0.717, 1.165) is 23.0 Å². The Hall–Kier alpha value is -2.45. The van der Waals surface area contributed by atoms with Gasteiger partial charge in [-0.15, -0.1) is 0 Å². The molecule has 5 nitrogen and oxygen atoms in total. The number of nitro groups is 1. The summed E-state index contributed by atoms with van der Waals surface area (Å²) in [6.45, 7) is -0.120. The fourth-order valence-corrected chi connectivity index (χ4v) is 1.58. The van der Waals surface area contributed by atoms with Gasteiger partial charge in [0.25, 0.3) is 0 Å². The number of alkyl halides is 3. The lowest BCUT2D eigenvalue weighted by Crippen LogP contribution is -2.04. The van der Waals surface area contributed by atoms with Crippen molar-refractivity contribution in [2.45, 2.75) is 12.7 Å². The Kier molecular flexibility index (Phi) is 3.43. The smallest absolute Gasteiger partial charge is 0.268 e. The van der Waals surface area contributed by atoms with E-state index in [1.807, 2.05) is 0 Å². The van der Waals surface area contributed by atoms with Gasteiger partial charge >= 0.3 is 11.9 Å². The molecule has 20 heavy (non-hydrogen) atoms. The fourth-order valence-electron chi connectivity index (χ4n) is 1.58. The summed E-state index contributed by atoms with van der Waals surface area (Å²) in [7, 11) is 0. The van der Waals surface area contributed by atoms with Crippen LogP contribution in [0, 0.1) is 15.9 Å². The second kappa shape index (κ2) is 4.91. The molecular weight excluding hydrogens is 282 g/mol. The minimum absolute atomic E-state index is 0.120. The zero-order chi connectivity index (χ0) is 14.9. The van der Waals surface area contributed by atoms with Crippen molar-refractivity contribution < 1.29 is 22.5 Å². The van der Waals surface area contributed by atoms with Gasteiger partial charge < -0.3 is 0 Å². The Morgan fingerprint density at radius 1 is 1.35 bits per heavy atom. The SMILES string of the molecule is O=[N+]([O-])c1ccc(Cn2cc(C(F)(F)F)cn2)cc1F. The van der Waals surface area contributed by atoms with Crippen molar-refractivity contribution >= 4 is 5.69 Å². The minimum atomic E-state index is -4.50. The Morgan fingerprint density at radius 2 is 2.05 bits per heavy atom. The van der Waals surface area contributed by atoms with E-state index in [1.165, 1.54) is 6.07 Å². The first kappa shape index (κ1) is 14.0. The first-order chi connectivity index (χ1) is 9.27. The van der Waals surface area contributed by atoms with Crippen LogP contribution >= 0.6 is 0 Å². The van der Waals surface area contributed by atoms with Crippen LogP contribution in [0.15, 0.2) is 30.6 Å². The van der Waals surface area contributed by atoms with Crippen LogP contribution in [0.3, 0.4) is 0 Å². The van der Waals surface area contributed by atoms with Crippen LogP contribution in [-0.2, 0) is 12.7 Å². The Labute approximate surface area is 109 Å². The molecule has 1 aromatic carbocycles. The third-order valence-electron chi connectivity index (χ3n) is 2.51. The van der Waals surface area contributed by atoms with Gasteiger partial charge in [-0.25, -0.2) is 0 Å². The summed E-state index contributed by atoms with van der Waals surface area (Å²) in [4.78, 5) is 9.55. The summed E-state index contributed by atoms with van der Waals surface area (Å²) in [5.74, 6) is -1.05. The van der Waals surface area contributed by atoms with E-state index in [4.69, 9.17) is 0 Å². The molecule has 0 N–H and O–H groups in total. The zero-order valence-electron chi connectivity index (χ0n) is 9.76. The average Bonchev–Trinajstić information content (AvgIpc) is 2.76. The first-order valence-corrected chi connectivity index (χ1v) is 5.30. The van der Waals surface area contributed by atoms with E-state index < -0.39 is 28.2 Å². The fraction of sp³-hybridized carbons (Fsp3) is 0.182. The molecule has 0 unspecified atom stereocenters. The van der Waals surface area contributed by atoms with E-state index in [2.05, 4.69) is 5.10 Å². The maximum atomic E-state index is 13.3. The molecule has 0 saturated heterocycles. The van der Waals surface area contributed by atoms with Gasteiger partial charge in [-0.2, -0.15) is 22.7 Å². The van der Waals surface area contributed by atoms with E-state index in [-0.39, 0.29) is 12.1 Å². The molecular formula is C11H7F4N3O2. The summed E-state index contributed by atoms with van der Waals surface area (Å²) < 4.78 is 51.4. The van der Waals surface area contributed by atoms with Gasteiger partial charge in [0, 0.05) is 12.3 Å². The highest BCUT2D eigenvalue weighted by Gasteiger charge is 2.32. The summed E-state index contributed by atoms with van der Waals surface area (Å²) >= 11 is 0. The number of nitro benzene ring substituents is 1. The molecule has 0 aliphatic carbocycles. The van der Waals surface area contributed by atoms with Crippen molar-refractivity contribution in [1.29, 1.82) is 0 Å². The standard InChI is InChI=1S/C11H7F4N3O2/c12-9-3-7(1-2-10(9)18(19)20)5-17-6-8(4-16-17)11(13,14)15/h1-4,6H,5H2. The van der Waals surface area contributed by atoms with Crippen molar-refractivity contribution in [2.75, 3.05) is 0 Å². The molecule has 0 amide bonds. The molecule has 106 valence electrons. The van der Waals surface area contributed by atoms with Gasteiger partial charge in [-0.3, -0.25) is 14.8 Å². The number of aromatic nitrogens is 2. The van der Waals surface area contributed by atoms with Crippen LogP contribution in [0.2, 0.25) is 0 Å². The van der Waals surface area contributed by atoms with Crippen LogP contribution in [0.5, 0.6) is 0 Å². The summed E-state index contributed by atoms with van der Waals surface area (Å²) in [6.07, 6.45) is -3.07. The molecule has 0 aliphatic rings. The van der Waals surface area contributed by atoms with E-state index in [1.54, 1.807) is 0 Å². The van der Waals surface area contributed by atoms with Gasteiger partial charge in [0.1, 0.15) is 0 Å². The molecule has 0 fully saturated rings. The quantitative estimate of drug-likeness (QED) is 0.496. The lowest BCUT2D eigenvalue weighted by atomic mass is 10.2. The topological polar surface area (TPSA) is 61.0 Å². The Bertz CT molecular complexity index is 651. The normalized spacial score (nSPS) is 11.6. The van der Waals surface area contributed by atoms with E-state index in [9.17, 15) is 27.7 Å². The van der Waals surface area contributed by atoms with Crippen LogP contribution < -0.4 is 0 Å². The van der Waals surface area contributed by atoms with Gasteiger partial charge in [0.2, 0.25) is 5.82 Å². The molecule has 2 rings (SSSR count). The maximum Gasteiger partial charge on any atom is 0.419 e. The largest absolute Gasteiger partial charge is 0.419 e. The highest BCUT2D eigenvalue weighted by Crippen LogP contribution is 2.28. The number of hydrogen-bond donors (Lipinski definition) is 0. The maximum absolute atomic E-state index is 13.3. The van der Waals surface area contributed by atoms with E-state index in [0.29, 0.717) is 6.20 Å². The molecule has 1 aromatic heterocycles. The van der Waals surface area contributed by atoms with Crippen LogP contribution in [0.1, 0.15) is 11.1 Å². The monoisotopic (exact) mass is 289 g/mol. The number of hydrogen-bond acceptors (Lipinski definition) is 3. The highest BCUT2D eigenvalue weighted by molar-refractivity contribution is 5.35. The Morgan fingerprint density at radius 3 is 2.55 bits per heavy atom. The number of benzene rings is 1. The molecule has 0 atom stereocenters. The van der Waals surface area contributed by atoms with Crippen LogP contribution in [0.25, 0.3) is 0 Å². The number of nitrogens with zero attached hydrogens (tertiary/aromatic N) is 3. The summed E-state index contributed by atoms with van der Waals surface area (Å²) in [5, 5.41) is 13.9.